The van der Waals surface area contributed by atoms with E-state index in [9.17, 15) is 9.59 Å². The second-order valence-electron chi connectivity index (χ2n) is 7.01. The average molecular weight is 379 g/mol. The van der Waals surface area contributed by atoms with Crippen molar-refractivity contribution in [2.45, 2.75) is 31.7 Å². The summed E-state index contributed by atoms with van der Waals surface area (Å²) in [4.78, 5) is 31.1. The number of rotatable bonds is 5. The fourth-order valence-corrected chi connectivity index (χ4v) is 3.64. The average Bonchev–Trinajstić information content (AvgIpc) is 3.16. The summed E-state index contributed by atoms with van der Waals surface area (Å²) in [6, 6.07) is 3.96. The number of hydrogen-bond acceptors (Lipinski definition) is 6. The molecule has 1 saturated carbocycles. The van der Waals surface area contributed by atoms with E-state index in [2.05, 4.69) is 20.4 Å². The molecule has 0 saturated heterocycles. The SMILES string of the molecule is COc1cc2nn(C3CCC(C=O)CC3)cc2cc1NC(=O)c1cncnc1. The van der Waals surface area contributed by atoms with Gasteiger partial charge in [0.2, 0.25) is 0 Å². The van der Waals surface area contributed by atoms with Crippen LogP contribution in [0.5, 0.6) is 5.75 Å². The number of amides is 1. The molecule has 1 aliphatic rings. The zero-order valence-electron chi connectivity index (χ0n) is 15.5. The Bertz CT molecular complexity index is 994. The van der Waals surface area contributed by atoms with Crippen LogP contribution in [-0.2, 0) is 4.79 Å². The van der Waals surface area contributed by atoms with Crippen LogP contribution < -0.4 is 10.1 Å². The van der Waals surface area contributed by atoms with Crippen molar-refractivity contribution in [3.8, 4) is 5.75 Å². The first-order valence-electron chi connectivity index (χ1n) is 9.26. The summed E-state index contributed by atoms with van der Waals surface area (Å²) in [5.41, 5.74) is 1.73. The highest BCUT2D eigenvalue weighted by molar-refractivity contribution is 6.05. The molecule has 8 heteroatoms. The Balaban J connectivity index is 1.60. The fourth-order valence-electron chi connectivity index (χ4n) is 3.64. The highest BCUT2D eigenvalue weighted by atomic mass is 16.5. The molecule has 0 spiro atoms. The number of anilines is 1. The summed E-state index contributed by atoms with van der Waals surface area (Å²) < 4.78 is 7.41. The number of ether oxygens (including phenoxy) is 1. The van der Waals surface area contributed by atoms with E-state index >= 15 is 0 Å². The molecule has 0 radical (unpaired) electrons. The van der Waals surface area contributed by atoms with Gasteiger partial charge < -0.3 is 14.8 Å². The number of carbonyl (C=O) groups is 2. The minimum absolute atomic E-state index is 0.171. The van der Waals surface area contributed by atoms with Gasteiger partial charge in [0.25, 0.3) is 5.91 Å². The van der Waals surface area contributed by atoms with Crippen LogP contribution in [0.25, 0.3) is 10.9 Å². The van der Waals surface area contributed by atoms with Crippen LogP contribution in [0.1, 0.15) is 42.1 Å². The van der Waals surface area contributed by atoms with Gasteiger partial charge >= 0.3 is 0 Å². The number of methoxy groups -OCH3 is 1. The zero-order valence-corrected chi connectivity index (χ0v) is 15.5. The van der Waals surface area contributed by atoms with Crippen molar-refractivity contribution in [3.05, 3.63) is 42.6 Å². The maximum atomic E-state index is 12.4. The zero-order chi connectivity index (χ0) is 19.5. The van der Waals surface area contributed by atoms with Crippen molar-refractivity contribution in [1.82, 2.24) is 19.7 Å². The Morgan fingerprint density at radius 2 is 1.96 bits per heavy atom. The quantitative estimate of drug-likeness (QED) is 0.684. The van der Waals surface area contributed by atoms with Gasteiger partial charge in [-0.25, -0.2) is 9.97 Å². The molecule has 0 atom stereocenters. The maximum absolute atomic E-state index is 12.4. The van der Waals surface area contributed by atoms with Gasteiger partial charge in [0.15, 0.2) is 0 Å². The number of aromatic nitrogens is 4. The highest BCUT2D eigenvalue weighted by Crippen LogP contribution is 2.34. The summed E-state index contributed by atoms with van der Waals surface area (Å²) in [5.74, 6) is 0.399. The third kappa shape index (κ3) is 3.58. The molecule has 1 amide bonds. The molecule has 4 rings (SSSR count). The standard InChI is InChI=1S/C20H21N5O3/c1-28-19-7-17-14(6-18(19)23-20(27)15-8-21-12-22-9-15)10-25(24-17)16-4-2-13(11-26)3-5-16/h6-13,16H,2-5H2,1H3,(H,23,27). The molecular formula is C20H21N5O3. The van der Waals surface area contributed by atoms with Crippen LogP contribution in [0.3, 0.4) is 0 Å². The van der Waals surface area contributed by atoms with Crippen LogP contribution in [0.4, 0.5) is 5.69 Å². The summed E-state index contributed by atoms with van der Waals surface area (Å²) >= 11 is 0. The molecule has 0 aliphatic heterocycles. The molecule has 2 aromatic heterocycles. The molecule has 3 aromatic rings. The Morgan fingerprint density at radius 1 is 1.21 bits per heavy atom. The minimum atomic E-state index is -0.308. The Morgan fingerprint density at radius 3 is 2.64 bits per heavy atom. The molecule has 1 N–H and O–H groups in total. The Labute approximate surface area is 161 Å². The second kappa shape index (κ2) is 7.75. The van der Waals surface area contributed by atoms with E-state index < -0.39 is 0 Å². The smallest absolute Gasteiger partial charge is 0.258 e. The van der Waals surface area contributed by atoms with Crippen molar-refractivity contribution < 1.29 is 14.3 Å². The maximum Gasteiger partial charge on any atom is 0.258 e. The van der Waals surface area contributed by atoms with E-state index in [-0.39, 0.29) is 17.9 Å². The Hall–Kier alpha value is -3.29. The van der Waals surface area contributed by atoms with Gasteiger partial charge in [-0.05, 0) is 31.7 Å². The number of nitrogens with one attached hydrogen (secondary N) is 1. The van der Waals surface area contributed by atoms with Crippen molar-refractivity contribution >= 4 is 28.8 Å². The highest BCUT2D eigenvalue weighted by Gasteiger charge is 2.23. The van der Waals surface area contributed by atoms with Crippen molar-refractivity contribution in [3.63, 3.8) is 0 Å². The third-order valence-electron chi connectivity index (χ3n) is 5.22. The third-order valence-corrected chi connectivity index (χ3v) is 5.22. The van der Waals surface area contributed by atoms with Crippen LogP contribution in [0.2, 0.25) is 0 Å². The number of fused-ring (bicyclic) bond motifs is 1. The normalized spacial score (nSPS) is 19.3. The first-order chi connectivity index (χ1) is 13.7. The van der Waals surface area contributed by atoms with Crippen LogP contribution in [-0.4, -0.2) is 39.1 Å². The van der Waals surface area contributed by atoms with Gasteiger partial charge in [0, 0.05) is 36.0 Å². The largest absolute Gasteiger partial charge is 0.494 e. The van der Waals surface area contributed by atoms with Crippen LogP contribution >= 0.6 is 0 Å². The lowest BCUT2D eigenvalue weighted by Gasteiger charge is -2.25. The summed E-state index contributed by atoms with van der Waals surface area (Å²) in [7, 11) is 1.56. The predicted molar refractivity (Wildman–Crippen MR) is 103 cm³/mol. The first kappa shape index (κ1) is 18.1. The number of hydrogen-bond donors (Lipinski definition) is 1. The predicted octanol–water partition coefficient (Wildman–Crippen LogP) is 3.02. The minimum Gasteiger partial charge on any atom is -0.494 e. The molecule has 1 aliphatic carbocycles. The van der Waals surface area contributed by atoms with E-state index in [1.807, 2.05) is 23.0 Å². The van der Waals surface area contributed by atoms with Crippen molar-refractivity contribution in [2.75, 3.05) is 12.4 Å². The molecule has 1 fully saturated rings. The lowest BCUT2D eigenvalue weighted by atomic mass is 9.87. The van der Waals surface area contributed by atoms with Gasteiger partial charge in [-0.2, -0.15) is 5.10 Å². The summed E-state index contributed by atoms with van der Waals surface area (Å²) in [6.07, 6.45) is 11.0. The van der Waals surface area contributed by atoms with Gasteiger partial charge in [-0.15, -0.1) is 0 Å². The molecule has 144 valence electrons. The van der Waals surface area contributed by atoms with Gasteiger partial charge in [0.1, 0.15) is 18.4 Å². The Kier molecular flexibility index (Phi) is 5.01. The monoisotopic (exact) mass is 379 g/mol. The molecule has 1 aromatic carbocycles. The molecule has 2 heterocycles. The molecule has 0 unspecified atom stereocenters. The van der Waals surface area contributed by atoms with Gasteiger partial charge in [-0.3, -0.25) is 9.48 Å². The fraction of sp³-hybridized carbons (Fsp3) is 0.350. The number of benzene rings is 1. The first-order valence-corrected chi connectivity index (χ1v) is 9.26. The van der Waals surface area contributed by atoms with Gasteiger partial charge in [0.05, 0.1) is 29.9 Å². The molecular weight excluding hydrogens is 358 g/mol. The topological polar surface area (TPSA) is 99.0 Å². The van der Waals surface area contributed by atoms with Gasteiger partial charge in [-0.1, -0.05) is 0 Å². The van der Waals surface area contributed by atoms with Crippen LogP contribution in [0, 0.1) is 5.92 Å². The summed E-state index contributed by atoms with van der Waals surface area (Å²) in [5, 5.41) is 8.46. The summed E-state index contributed by atoms with van der Waals surface area (Å²) in [6.45, 7) is 0. The molecule has 0 bridgehead atoms. The second-order valence-corrected chi connectivity index (χ2v) is 7.01. The number of aldehydes is 1. The van der Waals surface area contributed by atoms with E-state index in [0.717, 1.165) is 42.9 Å². The van der Waals surface area contributed by atoms with E-state index in [4.69, 9.17) is 4.74 Å². The number of nitrogens with zero attached hydrogens (tertiary/aromatic N) is 4. The van der Waals surface area contributed by atoms with Crippen LogP contribution in [0.15, 0.2) is 37.1 Å². The molecule has 28 heavy (non-hydrogen) atoms. The lowest BCUT2D eigenvalue weighted by molar-refractivity contribution is -0.112. The van der Waals surface area contributed by atoms with E-state index in [1.165, 1.54) is 18.7 Å². The number of carbonyl (C=O) groups excluding carboxylic acids is 2. The van der Waals surface area contributed by atoms with E-state index in [0.29, 0.717) is 17.0 Å². The lowest BCUT2D eigenvalue weighted by Crippen LogP contribution is -2.19. The van der Waals surface area contributed by atoms with Crippen molar-refractivity contribution in [2.24, 2.45) is 5.92 Å². The van der Waals surface area contributed by atoms with E-state index in [1.54, 1.807) is 7.11 Å². The molecule has 8 nitrogen and oxygen atoms in total. The van der Waals surface area contributed by atoms with Crippen molar-refractivity contribution in [1.29, 1.82) is 0 Å².